The average Bonchev–Trinajstić information content (AvgIpc) is 1.00. The molecule has 5 N–H and O–H groups in total. The molecule has 0 radical (unpaired) electrons. The van der Waals surface area contributed by atoms with Crippen molar-refractivity contribution in [1.29, 1.82) is 0 Å². The molecule has 0 aromatic heterocycles. The Morgan fingerprint density at radius 3 is 0.833 bits per heavy atom. The van der Waals surface area contributed by atoms with E-state index in [1.807, 2.05) is 0 Å². The van der Waals surface area contributed by atoms with Crippen LogP contribution in [0, 0.1) is 0 Å². The molecule has 46 valence electrons. The average molecular weight is 141 g/mol. The van der Waals surface area contributed by atoms with E-state index >= 15 is 0 Å². The summed E-state index contributed by atoms with van der Waals surface area (Å²) in [4.78, 5) is 0. The zero-order valence-electron chi connectivity index (χ0n) is 3.26. The molecule has 0 bridgehead atoms. The van der Waals surface area contributed by atoms with E-state index in [4.69, 9.17) is 5.11 Å². The zero-order valence-corrected chi connectivity index (χ0v) is 4.90. The molecule has 0 aromatic carbocycles. The largest absolute Gasteiger partial charge is 0.412 e. The van der Waals surface area contributed by atoms with Crippen LogP contribution >= 0.6 is 24.8 Å². The molecule has 0 rings (SSSR count). The van der Waals surface area contributed by atoms with Crippen LogP contribution in [0.5, 0.6) is 0 Å². The van der Waals surface area contributed by atoms with Crippen molar-refractivity contribution in [2.24, 2.45) is 0 Å². The van der Waals surface area contributed by atoms with Crippen LogP contribution in [0.15, 0.2) is 0 Å². The van der Waals surface area contributed by atoms with Gasteiger partial charge in [-0.2, -0.15) is 0 Å². The quantitative estimate of drug-likeness (QED) is 0.451. The molecule has 0 spiro atoms. The molecule has 0 saturated heterocycles. The minimum atomic E-state index is 0. The maximum Gasteiger partial charge on any atom is 0.0319 e. The van der Waals surface area contributed by atoms with Crippen molar-refractivity contribution in [3.05, 3.63) is 0 Å². The molecule has 0 aliphatic rings. The van der Waals surface area contributed by atoms with Crippen molar-refractivity contribution in [1.82, 2.24) is 0 Å². The van der Waals surface area contributed by atoms with E-state index in [-0.39, 0.29) is 35.8 Å². The molecule has 0 atom stereocenters. The second-order valence-electron chi connectivity index (χ2n) is 0. The Labute approximate surface area is 48.8 Å². The molecule has 5 heteroatoms. The third kappa shape index (κ3) is 252. The zero-order chi connectivity index (χ0) is 2.00. The maximum atomic E-state index is 7.00. The molecule has 0 aliphatic carbocycles. The highest BCUT2D eigenvalue weighted by Gasteiger charge is 0.839. The van der Waals surface area contributed by atoms with Crippen molar-refractivity contribution < 1.29 is 16.1 Å². The summed E-state index contributed by atoms with van der Waals surface area (Å²) < 4.78 is 0. The van der Waals surface area contributed by atoms with E-state index in [1.54, 1.807) is 0 Å². The first-order valence-electron chi connectivity index (χ1n) is 0.447. The molecule has 0 amide bonds. The van der Waals surface area contributed by atoms with Gasteiger partial charge in [0.25, 0.3) is 0 Å². The third-order valence-corrected chi connectivity index (χ3v) is 0. The first-order chi connectivity index (χ1) is 1.00. The van der Waals surface area contributed by atoms with Crippen molar-refractivity contribution in [3.63, 3.8) is 0 Å². The van der Waals surface area contributed by atoms with Gasteiger partial charge in [0.15, 0.2) is 0 Å². The summed E-state index contributed by atoms with van der Waals surface area (Å²) in [6.07, 6.45) is 0. The van der Waals surface area contributed by atoms with Crippen LogP contribution in [0.4, 0.5) is 0 Å². The van der Waals surface area contributed by atoms with E-state index in [0.29, 0.717) is 0 Å². The van der Waals surface area contributed by atoms with Crippen LogP contribution in [0.1, 0.15) is 0 Å². The monoisotopic (exact) mass is 140 g/mol. The second-order valence-corrected chi connectivity index (χ2v) is 0. The Kier molecular flexibility index (Phi) is 7730. The number of aliphatic hydroxyl groups excluding tert-OH is 1. The summed E-state index contributed by atoms with van der Waals surface area (Å²) in [5, 5.41) is 7.00. The molecule has 0 aliphatic heterocycles. The van der Waals surface area contributed by atoms with E-state index in [1.165, 1.54) is 0 Å². The Hall–Kier alpha value is 0.460. The van der Waals surface area contributed by atoms with Gasteiger partial charge in [0.05, 0.1) is 0 Å². The number of hydrogen-bond donors (Lipinski definition) is 1. The fraction of sp³-hybridized carbons (Fsp3) is 1.00. The van der Waals surface area contributed by atoms with Gasteiger partial charge in [-0.05, 0) is 0 Å². The van der Waals surface area contributed by atoms with E-state index in [2.05, 4.69) is 0 Å². The molecular formula is CH10Cl2O3. The van der Waals surface area contributed by atoms with Gasteiger partial charge in [-0.25, -0.2) is 0 Å². The molecule has 0 unspecified atom stereocenters. The fourth-order valence-electron chi connectivity index (χ4n) is 0. The highest BCUT2D eigenvalue weighted by molar-refractivity contribution is 5.85. The topological polar surface area (TPSA) is 83.2 Å². The highest BCUT2D eigenvalue weighted by atomic mass is 35.5. The van der Waals surface area contributed by atoms with Crippen LogP contribution < -0.4 is 0 Å². The first kappa shape index (κ1) is 90.3. The van der Waals surface area contributed by atoms with Crippen LogP contribution in [-0.2, 0) is 0 Å². The van der Waals surface area contributed by atoms with Gasteiger partial charge in [0.1, 0.15) is 0 Å². The highest BCUT2D eigenvalue weighted by Crippen LogP contribution is 0.755. The Balaban J connectivity index is -0.000000000833. The minimum absolute atomic E-state index is 0. The first-order valence-corrected chi connectivity index (χ1v) is 0.447. The predicted molar refractivity (Wildman–Crippen MR) is 29.9 cm³/mol. The lowest BCUT2D eigenvalue weighted by atomic mass is 11.8. The van der Waals surface area contributed by atoms with Crippen molar-refractivity contribution in [2.45, 2.75) is 0 Å². The molecule has 3 nitrogen and oxygen atoms in total. The van der Waals surface area contributed by atoms with Gasteiger partial charge < -0.3 is 16.1 Å². The van der Waals surface area contributed by atoms with Gasteiger partial charge in [-0.1, -0.05) is 0 Å². The molecule has 0 saturated carbocycles. The number of aliphatic hydroxyl groups is 1. The Bertz CT molecular complexity index is 8.75. The van der Waals surface area contributed by atoms with Crippen molar-refractivity contribution in [3.8, 4) is 0 Å². The fourth-order valence-corrected chi connectivity index (χ4v) is 0. The smallest absolute Gasteiger partial charge is 0.0319 e. The number of halogens is 2. The van der Waals surface area contributed by atoms with Crippen LogP contribution in [0.3, 0.4) is 0 Å². The number of rotatable bonds is 0. The van der Waals surface area contributed by atoms with Crippen molar-refractivity contribution in [2.75, 3.05) is 7.11 Å². The van der Waals surface area contributed by atoms with E-state index < -0.39 is 0 Å². The van der Waals surface area contributed by atoms with Crippen LogP contribution in [0.2, 0.25) is 0 Å². The van der Waals surface area contributed by atoms with Gasteiger partial charge in [-0.3, -0.25) is 0 Å². The molecular weight excluding hydrogens is 131 g/mol. The van der Waals surface area contributed by atoms with Crippen LogP contribution in [0.25, 0.3) is 0 Å². The normalized spacial score (nSPS) is 1.00. The van der Waals surface area contributed by atoms with Crippen molar-refractivity contribution >= 4 is 24.8 Å². The van der Waals surface area contributed by atoms with Gasteiger partial charge in [0.2, 0.25) is 0 Å². The van der Waals surface area contributed by atoms with Gasteiger partial charge >= 0.3 is 0 Å². The summed E-state index contributed by atoms with van der Waals surface area (Å²) in [6.45, 7) is 0. The molecule has 0 heterocycles. The summed E-state index contributed by atoms with van der Waals surface area (Å²) in [5.41, 5.74) is 0. The Morgan fingerprint density at radius 1 is 0.833 bits per heavy atom. The lowest BCUT2D eigenvalue weighted by Gasteiger charge is -1.21. The van der Waals surface area contributed by atoms with E-state index in [0.717, 1.165) is 7.11 Å². The SMILES string of the molecule is CO.Cl.Cl.O.O. The predicted octanol–water partition coefficient (Wildman–Crippen LogP) is -1.20. The minimum Gasteiger partial charge on any atom is -0.412 e. The standard InChI is InChI=1S/CH4O.2ClH.2H2O/c1-2;;;;/h2H,1H3;2*1H;2*1H2. The summed E-state index contributed by atoms with van der Waals surface area (Å²) in [6, 6.07) is 0. The lowest BCUT2D eigenvalue weighted by molar-refractivity contribution is 0.399. The van der Waals surface area contributed by atoms with Gasteiger partial charge in [-0.15, -0.1) is 24.8 Å². The summed E-state index contributed by atoms with van der Waals surface area (Å²) in [7, 11) is 1.00. The maximum absolute atomic E-state index is 7.00. The molecule has 0 fully saturated rings. The lowest BCUT2D eigenvalue weighted by Crippen LogP contribution is -1.25. The second kappa shape index (κ2) is 513. The third-order valence-electron chi connectivity index (χ3n) is 0. The Morgan fingerprint density at radius 2 is 0.833 bits per heavy atom. The molecule has 6 heavy (non-hydrogen) atoms. The van der Waals surface area contributed by atoms with Crippen LogP contribution in [-0.4, -0.2) is 23.2 Å². The molecule has 0 aromatic rings. The van der Waals surface area contributed by atoms with E-state index in [9.17, 15) is 0 Å². The van der Waals surface area contributed by atoms with Gasteiger partial charge in [0, 0.05) is 7.11 Å². The number of hydrogen-bond acceptors (Lipinski definition) is 1. The summed E-state index contributed by atoms with van der Waals surface area (Å²) in [5.74, 6) is 0. The summed E-state index contributed by atoms with van der Waals surface area (Å²) >= 11 is 0.